The first kappa shape index (κ1) is 11.6. The smallest absolute Gasteiger partial charge is 0.0662 e. The van der Waals surface area contributed by atoms with Gasteiger partial charge >= 0.3 is 0 Å². The molecule has 1 unspecified atom stereocenters. The third-order valence-corrected chi connectivity index (χ3v) is 3.65. The molecule has 1 aromatic rings. The van der Waals surface area contributed by atoms with Gasteiger partial charge in [-0.1, -0.05) is 25.3 Å². The van der Waals surface area contributed by atoms with Crippen molar-refractivity contribution in [1.82, 2.24) is 10.4 Å². The molecule has 1 aliphatic rings. The Morgan fingerprint density at radius 1 is 1.38 bits per heavy atom. The molecule has 0 saturated heterocycles. The zero-order valence-corrected chi connectivity index (χ0v) is 9.95. The molecule has 88 valence electrons. The normalized spacial score (nSPS) is 19.6. The van der Waals surface area contributed by atoms with Gasteiger partial charge in [0, 0.05) is 6.20 Å². The summed E-state index contributed by atoms with van der Waals surface area (Å²) >= 11 is 0. The van der Waals surface area contributed by atoms with Gasteiger partial charge in [0.15, 0.2) is 0 Å². The number of hydrogen-bond donors (Lipinski definition) is 2. The highest BCUT2D eigenvalue weighted by Gasteiger charge is 2.25. The number of rotatable bonds is 3. The van der Waals surface area contributed by atoms with Crippen molar-refractivity contribution in [3.05, 3.63) is 29.6 Å². The summed E-state index contributed by atoms with van der Waals surface area (Å²) in [7, 11) is 0. The Morgan fingerprint density at radius 2 is 2.12 bits per heavy atom. The van der Waals surface area contributed by atoms with Crippen LogP contribution in [0.5, 0.6) is 0 Å². The van der Waals surface area contributed by atoms with E-state index < -0.39 is 0 Å². The summed E-state index contributed by atoms with van der Waals surface area (Å²) in [5.74, 6) is 6.36. The number of hydrogen-bond acceptors (Lipinski definition) is 3. The molecule has 2 rings (SSSR count). The topological polar surface area (TPSA) is 50.9 Å². The quantitative estimate of drug-likeness (QED) is 0.606. The third kappa shape index (κ3) is 2.42. The molecular formula is C13H21N3. The molecule has 16 heavy (non-hydrogen) atoms. The Bertz CT molecular complexity index is 332. The van der Waals surface area contributed by atoms with Crippen LogP contribution in [-0.4, -0.2) is 4.98 Å². The van der Waals surface area contributed by atoms with E-state index in [0.717, 1.165) is 5.69 Å². The number of aryl methyl sites for hydroxylation is 1. The third-order valence-electron chi connectivity index (χ3n) is 3.65. The number of nitrogens with two attached hydrogens (primary N) is 1. The van der Waals surface area contributed by atoms with E-state index in [1.54, 1.807) is 0 Å². The largest absolute Gasteiger partial charge is 0.271 e. The van der Waals surface area contributed by atoms with Crippen molar-refractivity contribution < 1.29 is 0 Å². The van der Waals surface area contributed by atoms with Crippen LogP contribution in [0.25, 0.3) is 0 Å². The van der Waals surface area contributed by atoms with E-state index in [2.05, 4.69) is 23.4 Å². The molecule has 1 atom stereocenters. The zero-order chi connectivity index (χ0) is 11.4. The summed E-state index contributed by atoms with van der Waals surface area (Å²) in [6, 6.07) is 4.31. The van der Waals surface area contributed by atoms with Crippen molar-refractivity contribution in [2.75, 3.05) is 0 Å². The van der Waals surface area contributed by atoms with Crippen molar-refractivity contribution in [2.45, 2.75) is 45.1 Å². The van der Waals surface area contributed by atoms with Gasteiger partial charge in [0.05, 0.1) is 11.7 Å². The van der Waals surface area contributed by atoms with Gasteiger partial charge in [0.2, 0.25) is 0 Å². The predicted octanol–water partition coefficient (Wildman–Crippen LogP) is 2.47. The second-order valence-corrected chi connectivity index (χ2v) is 4.75. The van der Waals surface area contributed by atoms with Gasteiger partial charge in [-0.2, -0.15) is 0 Å². The minimum atomic E-state index is 0.224. The van der Waals surface area contributed by atoms with Crippen LogP contribution >= 0.6 is 0 Å². The number of hydrazine groups is 1. The fourth-order valence-corrected chi connectivity index (χ4v) is 2.73. The second-order valence-electron chi connectivity index (χ2n) is 4.75. The molecule has 0 amide bonds. The molecular weight excluding hydrogens is 198 g/mol. The fourth-order valence-electron chi connectivity index (χ4n) is 2.73. The van der Waals surface area contributed by atoms with Crippen LogP contribution in [0, 0.1) is 12.8 Å². The molecule has 1 aromatic heterocycles. The van der Waals surface area contributed by atoms with E-state index in [9.17, 15) is 0 Å². The van der Waals surface area contributed by atoms with Gasteiger partial charge < -0.3 is 0 Å². The Labute approximate surface area is 97.4 Å². The monoisotopic (exact) mass is 219 g/mol. The summed E-state index contributed by atoms with van der Waals surface area (Å²) in [5.41, 5.74) is 5.32. The standard InChI is InChI=1S/C13H21N3/c1-10-6-5-9-15-12(10)13(16-14)11-7-3-2-4-8-11/h5-6,9,11,13,16H,2-4,7-8,14H2,1H3. The Balaban J connectivity index is 2.18. The van der Waals surface area contributed by atoms with Crippen LogP contribution < -0.4 is 11.3 Å². The van der Waals surface area contributed by atoms with Crippen LogP contribution in [0.4, 0.5) is 0 Å². The Morgan fingerprint density at radius 3 is 2.75 bits per heavy atom. The maximum absolute atomic E-state index is 5.71. The van der Waals surface area contributed by atoms with Gasteiger partial charge in [-0.15, -0.1) is 0 Å². The number of nitrogens with zero attached hydrogens (tertiary/aromatic N) is 1. The highest BCUT2D eigenvalue weighted by Crippen LogP contribution is 2.34. The average Bonchev–Trinajstić information content (AvgIpc) is 2.34. The second kappa shape index (κ2) is 5.41. The van der Waals surface area contributed by atoms with Crippen LogP contribution in [0.2, 0.25) is 0 Å². The van der Waals surface area contributed by atoms with E-state index in [4.69, 9.17) is 5.84 Å². The molecule has 3 heteroatoms. The van der Waals surface area contributed by atoms with Gasteiger partial charge in [0.25, 0.3) is 0 Å². The minimum absolute atomic E-state index is 0.224. The SMILES string of the molecule is Cc1cccnc1C(NN)C1CCCCC1. The van der Waals surface area contributed by atoms with Gasteiger partial charge in [0.1, 0.15) is 0 Å². The fraction of sp³-hybridized carbons (Fsp3) is 0.615. The van der Waals surface area contributed by atoms with Crippen LogP contribution in [0.15, 0.2) is 18.3 Å². The summed E-state index contributed by atoms with van der Waals surface area (Å²) in [6.07, 6.45) is 8.42. The first-order valence-corrected chi connectivity index (χ1v) is 6.20. The molecule has 0 aliphatic heterocycles. The number of nitrogens with one attached hydrogen (secondary N) is 1. The molecule has 3 nitrogen and oxygen atoms in total. The molecule has 1 saturated carbocycles. The maximum Gasteiger partial charge on any atom is 0.0662 e. The van der Waals surface area contributed by atoms with E-state index in [1.807, 2.05) is 12.3 Å². The van der Waals surface area contributed by atoms with Crippen LogP contribution in [-0.2, 0) is 0 Å². The number of aromatic nitrogens is 1. The van der Waals surface area contributed by atoms with E-state index in [1.165, 1.54) is 37.7 Å². The van der Waals surface area contributed by atoms with Crippen LogP contribution in [0.1, 0.15) is 49.4 Å². The number of pyridine rings is 1. The Hall–Kier alpha value is -0.930. The maximum atomic E-state index is 5.71. The molecule has 0 radical (unpaired) electrons. The van der Waals surface area contributed by atoms with Crippen molar-refractivity contribution in [1.29, 1.82) is 0 Å². The predicted molar refractivity (Wildman–Crippen MR) is 65.6 cm³/mol. The first-order valence-electron chi connectivity index (χ1n) is 6.20. The lowest BCUT2D eigenvalue weighted by Crippen LogP contribution is -2.35. The molecule has 0 bridgehead atoms. The highest BCUT2D eigenvalue weighted by atomic mass is 15.2. The van der Waals surface area contributed by atoms with Gasteiger partial charge in [-0.25, -0.2) is 0 Å². The summed E-state index contributed by atoms with van der Waals surface area (Å²) < 4.78 is 0. The lowest BCUT2D eigenvalue weighted by molar-refractivity contribution is 0.269. The average molecular weight is 219 g/mol. The lowest BCUT2D eigenvalue weighted by atomic mass is 9.82. The summed E-state index contributed by atoms with van der Waals surface area (Å²) in [5, 5.41) is 0. The van der Waals surface area contributed by atoms with E-state index in [0.29, 0.717) is 5.92 Å². The van der Waals surface area contributed by atoms with Gasteiger partial charge in [-0.3, -0.25) is 16.3 Å². The molecule has 1 heterocycles. The summed E-state index contributed by atoms with van der Waals surface area (Å²) in [4.78, 5) is 4.48. The van der Waals surface area contributed by atoms with Gasteiger partial charge in [-0.05, 0) is 37.3 Å². The van der Waals surface area contributed by atoms with Crippen molar-refractivity contribution in [3.63, 3.8) is 0 Å². The highest BCUT2D eigenvalue weighted by molar-refractivity contribution is 5.21. The van der Waals surface area contributed by atoms with Crippen molar-refractivity contribution in [2.24, 2.45) is 11.8 Å². The van der Waals surface area contributed by atoms with E-state index in [-0.39, 0.29) is 6.04 Å². The van der Waals surface area contributed by atoms with Crippen LogP contribution in [0.3, 0.4) is 0 Å². The zero-order valence-electron chi connectivity index (χ0n) is 9.95. The minimum Gasteiger partial charge on any atom is -0.271 e. The first-order chi connectivity index (χ1) is 7.83. The Kier molecular flexibility index (Phi) is 3.91. The molecule has 3 N–H and O–H groups in total. The molecule has 0 spiro atoms. The van der Waals surface area contributed by atoms with E-state index >= 15 is 0 Å². The molecule has 1 aliphatic carbocycles. The molecule has 1 fully saturated rings. The van der Waals surface area contributed by atoms with Crippen molar-refractivity contribution >= 4 is 0 Å². The summed E-state index contributed by atoms with van der Waals surface area (Å²) in [6.45, 7) is 2.11. The molecule has 0 aromatic carbocycles. The lowest BCUT2D eigenvalue weighted by Gasteiger charge is -2.30. The van der Waals surface area contributed by atoms with Crippen molar-refractivity contribution in [3.8, 4) is 0 Å².